The van der Waals surface area contributed by atoms with Crippen LogP contribution in [0.15, 0.2) is 36.5 Å². The molecule has 0 radical (unpaired) electrons. The van der Waals surface area contributed by atoms with Crippen LogP contribution in [0.5, 0.6) is 5.75 Å². The molecule has 146 valence electrons. The molecule has 0 fully saturated rings. The molecule has 0 aliphatic carbocycles. The van der Waals surface area contributed by atoms with Crippen molar-refractivity contribution in [1.29, 1.82) is 0 Å². The minimum atomic E-state index is -4.49. The number of carbonyl (C=O) groups excluding carboxylic acids is 1. The fourth-order valence-electron chi connectivity index (χ4n) is 2.37. The number of ether oxygens (including phenoxy) is 2. The van der Waals surface area contributed by atoms with Gasteiger partial charge in [0.15, 0.2) is 0 Å². The maximum absolute atomic E-state index is 13.2. The first kappa shape index (κ1) is 20.6. The van der Waals surface area contributed by atoms with Gasteiger partial charge in [-0.05, 0) is 63.6 Å². The number of H-pyrrole nitrogens is 1. The zero-order valence-corrected chi connectivity index (χ0v) is 15.6. The summed E-state index contributed by atoms with van der Waals surface area (Å²) in [4.78, 5) is 14.5. The number of halogens is 3. The Morgan fingerprint density at radius 3 is 2.37 bits per heavy atom. The lowest BCUT2D eigenvalue weighted by molar-refractivity contribution is -0.141. The van der Waals surface area contributed by atoms with E-state index < -0.39 is 17.7 Å². The number of nitrogens with one attached hydrogen (secondary N) is 1. The molecule has 0 bridgehead atoms. The molecule has 2 rings (SSSR count). The van der Waals surface area contributed by atoms with Gasteiger partial charge in [0.1, 0.15) is 5.75 Å². The Balaban J connectivity index is 2.31. The molecule has 1 heterocycles. The Labute approximate surface area is 156 Å². The molecule has 1 N–H and O–H groups in total. The summed E-state index contributed by atoms with van der Waals surface area (Å²) in [5.41, 5.74) is 0.661. The highest BCUT2D eigenvalue weighted by Gasteiger charge is 2.31. The highest BCUT2D eigenvalue weighted by molar-refractivity contribution is 5.87. The van der Waals surface area contributed by atoms with Gasteiger partial charge in [0.05, 0.1) is 17.8 Å². The number of aromatic amines is 1. The van der Waals surface area contributed by atoms with Crippen molar-refractivity contribution in [3.63, 3.8) is 0 Å². The number of benzene rings is 1. The van der Waals surface area contributed by atoms with Crippen molar-refractivity contribution < 1.29 is 27.4 Å². The second-order valence-corrected chi connectivity index (χ2v) is 6.58. The van der Waals surface area contributed by atoms with Crippen LogP contribution in [0, 0.1) is 0 Å². The molecule has 0 spiro atoms. The molecule has 27 heavy (non-hydrogen) atoms. The quantitative estimate of drug-likeness (QED) is 0.535. The minimum Gasteiger partial charge on any atom is -0.491 e. The van der Waals surface area contributed by atoms with Crippen LogP contribution in [0.4, 0.5) is 13.2 Å². The Bertz CT molecular complexity index is 820. The van der Waals surface area contributed by atoms with Gasteiger partial charge in [-0.1, -0.05) is 0 Å². The Kier molecular flexibility index (Phi) is 6.36. The van der Waals surface area contributed by atoms with Gasteiger partial charge in [-0.25, -0.2) is 4.79 Å². The normalized spacial score (nSPS) is 12.2. The van der Waals surface area contributed by atoms with Crippen molar-refractivity contribution in [2.45, 2.75) is 46.1 Å². The van der Waals surface area contributed by atoms with Gasteiger partial charge in [-0.2, -0.15) is 13.2 Å². The van der Waals surface area contributed by atoms with E-state index in [2.05, 4.69) is 4.98 Å². The van der Waals surface area contributed by atoms with Crippen LogP contribution < -0.4 is 4.74 Å². The standard InChI is InChI=1S/C20H22F3NO3/c1-12(2)26-17-9-15(8-16(10-17)20(21,22)23)18-7-14(11-24-18)5-6-19(25)27-13(3)4/h5-13,24H,1-4H3/b6-5+. The van der Waals surface area contributed by atoms with Gasteiger partial charge in [-0.3, -0.25) is 0 Å². The zero-order chi connectivity index (χ0) is 20.2. The predicted molar refractivity (Wildman–Crippen MR) is 97.3 cm³/mol. The largest absolute Gasteiger partial charge is 0.491 e. The topological polar surface area (TPSA) is 51.3 Å². The molecule has 0 saturated heterocycles. The fraction of sp³-hybridized carbons (Fsp3) is 0.350. The molecular weight excluding hydrogens is 359 g/mol. The molecule has 2 aromatic rings. The third-order valence-electron chi connectivity index (χ3n) is 3.39. The number of alkyl halides is 3. The summed E-state index contributed by atoms with van der Waals surface area (Å²) in [7, 11) is 0. The lowest BCUT2D eigenvalue weighted by Gasteiger charge is -2.14. The fourth-order valence-corrected chi connectivity index (χ4v) is 2.37. The summed E-state index contributed by atoms with van der Waals surface area (Å²) in [5, 5.41) is 0. The Hall–Kier alpha value is -2.70. The highest BCUT2D eigenvalue weighted by atomic mass is 19.4. The van der Waals surface area contributed by atoms with E-state index in [9.17, 15) is 18.0 Å². The average molecular weight is 381 g/mol. The van der Waals surface area contributed by atoms with Crippen LogP contribution >= 0.6 is 0 Å². The van der Waals surface area contributed by atoms with Crippen molar-refractivity contribution in [3.8, 4) is 17.0 Å². The molecule has 1 aromatic heterocycles. The van der Waals surface area contributed by atoms with E-state index in [4.69, 9.17) is 9.47 Å². The van der Waals surface area contributed by atoms with E-state index in [-0.39, 0.29) is 18.0 Å². The summed E-state index contributed by atoms with van der Waals surface area (Å²) in [6, 6.07) is 5.23. The lowest BCUT2D eigenvalue weighted by Crippen LogP contribution is -2.09. The van der Waals surface area contributed by atoms with Crippen LogP contribution in [0.1, 0.15) is 38.8 Å². The van der Waals surface area contributed by atoms with E-state index in [0.29, 0.717) is 16.8 Å². The van der Waals surface area contributed by atoms with Crippen molar-refractivity contribution in [2.75, 3.05) is 0 Å². The molecule has 0 aliphatic heterocycles. The van der Waals surface area contributed by atoms with Crippen molar-refractivity contribution in [3.05, 3.63) is 47.7 Å². The van der Waals surface area contributed by atoms with Crippen LogP contribution in [-0.4, -0.2) is 23.2 Å². The monoisotopic (exact) mass is 381 g/mol. The molecule has 0 aliphatic rings. The summed E-state index contributed by atoms with van der Waals surface area (Å²) >= 11 is 0. The number of esters is 1. The van der Waals surface area contributed by atoms with Crippen LogP contribution in [0.2, 0.25) is 0 Å². The van der Waals surface area contributed by atoms with E-state index in [1.54, 1.807) is 46.0 Å². The number of hydrogen-bond acceptors (Lipinski definition) is 3. The van der Waals surface area contributed by atoms with E-state index in [0.717, 1.165) is 12.1 Å². The number of aromatic nitrogens is 1. The first-order valence-electron chi connectivity index (χ1n) is 8.51. The average Bonchev–Trinajstić information content (AvgIpc) is 2.99. The van der Waals surface area contributed by atoms with Crippen LogP contribution in [-0.2, 0) is 15.7 Å². The Morgan fingerprint density at radius 2 is 1.78 bits per heavy atom. The van der Waals surface area contributed by atoms with Gasteiger partial charge in [-0.15, -0.1) is 0 Å². The van der Waals surface area contributed by atoms with Crippen LogP contribution in [0.3, 0.4) is 0 Å². The van der Waals surface area contributed by atoms with Gasteiger partial charge >= 0.3 is 12.1 Å². The maximum Gasteiger partial charge on any atom is 0.416 e. The zero-order valence-electron chi connectivity index (χ0n) is 15.6. The summed E-state index contributed by atoms with van der Waals surface area (Å²) in [5.74, 6) is -0.346. The molecule has 0 saturated carbocycles. The van der Waals surface area contributed by atoms with Crippen molar-refractivity contribution in [1.82, 2.24) is 4.98 Å². The molecule has 4 nitrogen and oxygen atoms in total. The lowest BCUT2D eigenvalue weighted by atomic mass is 10.1. The number of carbonyl (C=O) groups is 1. The van der Waals surface area contributed by atoms with E-state index in [1.807, 2.05) is 0 Å². The van der Waals surface area contributed by atoms with Crippen molar-refractivity contribution in [2.24, 2.45) is 0 Å². The third-order valence-corrected chi connectivity index (χ3v) is 3.39. The first-order valence-corrected chi connectivity index (χ1v) is 8.51. The molecule has 7 heteroatoms. The van der Waals surface area contributed by atoms with Gasteiger partial charge in [0.25, 0.3) is 0 Å². The minimum absolute atomic E-state index is 0.141. The number of hydrogen-bond donors (Lipinski definition) is 1. The first-order chi connectivity index (χ1) is 12.5. The number of rotatable bonds is 6. The molecular formula is C20H22F3NO3. The molecule has 1 aromatic carbocycles. The highest BCUT2D eigenvalue weighted by Crippen LogP contribution is 2.35. The summed E-state index contributed by atoms with van der Waals surface area (Å²) in [6.45, 7) is 6.97. The van der Waals surface area contributed by atoms with Crippen molar-refractivity contribution >= 4 is 12.0 Å². The summed E-state index contributed by atoms with van der Waals surface area (Å²) < 4.78 is 50.0. The molecule has 0 amide bonds. The summed E-state index contributed by atoms with van der Waals surface area (Å²) in [6.07, 6.45) is -0.571. The molecule has 0 atom stereocenters. The second kappa shape index (κ2) is 8.33. The van der Waals surface area contributed by atoms with E-state index >= 15 is 0 Å². The predicted octanol–water partition coefficient (Wildman–Crippen LogP) is 5.45. The van der Waals surface area contributed by atoms with Gasteiger partial charge in [0, 0.05) is 23.5 Å². The Morgan fingerprint density at radius 1 is 1.07 bits per heavy atom. The van der Waals surface area contributed by atoms with Gasteiger partial charge < -0.3 is 14.5 Å². The SMILES string of the molecule is CC(C)OC(=O)/C=C/c1c[nH]c(-c2cc(OC(C)C)cc(C(F)(F)F)c2)c1. The second-order valence-electron chi connectivity index (χ2n) is 6.58. The van der Waals surface area contributed by atoms with Crippen LogP contribution in [0.25, 0.3) is 17.3 Å². The van der Waals surface area contributed by atoms with Gasteiger partial charge in [0.2, 0.25) is 0 Å². The molecule has 0 unspecified atom stereocenters. The maximum atomic E-state index is 13.2. The third kappa shape index (κ3) is 6.20. The smallest absolute Gasteiger partial charge is 0.416 e. The van der Waals surface area contributed by atoms with E-state index in [1.165, 1.54) is 12.2 Å².